The molecule has 0 aliphatic heterocycles. The van der Waals surface area contributed by atoms with Gasteiger partial charge in [-0.05, 0) is 50.3 Å². The smallest absolute Gasteiger partial charge is 0.348 e. The molecule has 2 aromatic rings. The Balaban J connectivity index is 1.76. The standard InChI is InChI=1S/C19H22ClN3O3S/c1-12-14(20)6-4-7-15(12)21-17(25)11-27-18-13-5-2-3-8-16(13)23(9-10-24)19(26)22-18/h4,6-7,24H,2-3,5,8-11H2,1H3,(H,21,25). The number of rotatable bonds is 6. The van der Waals surface area contributed by atoms with Crippen LogP contribution in [0.2, 0.25) is 5.02 Å². The van der Waals surface area contributed by atoms with Crippen LogP contribution >= 0.6 is 23.4 Å². The van der Waals surface area contributed by atoms with Gasteiger partial charge in [0.25, 0.3) is 0 Å². The van der Waals surface area contributed by atoms with Gasteiger partial charge in [-0.1, -0.05) is 29.4 Å². The zero-order valence-corrected chi connectivity index (χ0v) is 16.7. The molecule has 0 fully saturated rings. The van der Waals surface area contributed by atoms with Crippen LogP contribution < -0.4 is 11.0 Å². The first-order valence-corrected chi connectivity index (χ1v) is 10.3. The zero-order chi connectivity index (χ0) is 19.4. The van der Waals surface area contributed by atoms with E-state index in [1.807, 2.05) is 6.92 Å². The molecule has 1 aliphatic rings. The second-order valence-electron chi connectivity index (χ2n) is 6.46. The largest absolute Gasteiger partial charge is 0.395 e. The minimum Gasteiger partial charge on any atom is -0.395 e. The molecule has 27 heavy (non-hydrogen) atoms. The summed E-state index contributed by atoms with van der Waals surface area (Å²) in [5.41, 5.74) is 3.12. The Morgan fingerprint density at radius 1 is 1.37 bits per heavy atom. The summed E-state index contributed by atoms with van der Waals surface area (Å²) in [6.45, 7) is 2.01. The molecule has 1 aromatic carbocycles. The minimum absolute atomic E-state index is 0.0953. The monoisotopic (exact) mass is 407 g/mol. The van der Waals surface area contributed by atoms with Gasteiger partial charge in [0.05, 0.1) is 18.9 Å². The predicted octanol–water partition coefficient (Wildman–Crippen LogP) is 2.81. The quantitative estimate of drug-likeness (QED) is 0.568. The van der Waals surface area contributed by atoms with Gasteiger partial charge in [-0.2, -0.15) is 4.98 Å². The molecule has 1 amide bonds. The summed E-state index contributed by atoms with van der Waals surface area (Å²) in [4.78, 5) is 28.9. The van der Waals surface area contributed by atoms with E-state index in [1.165, 1.54) is 11.8 Å². The Bertz CT molecular complexity index is 914. The topological polar surface area (TPSA) is 84.2 Å². The number of fused-ring (bicyclic) bond motifs is 1. The highest BCUT2D eigenvalue weighted by atomic mass is 35.5. The summed E-state index contributed by atoms with van der Waals surface area (Å²) in [5, 5.41) is 13.3. The maximum atomic E-state index is 12.4. The molecule has 1 aromatic heterocycles. The van der Waals surface area contributed by atoms with Crippen LogP contribution in [0.25, 0.3) is 0 Å². The van der Waals surface area contributed by atoms with Gasteiger partial charge < -0.3 is 10.4 Å². The number of hydrogen-bond acceptors (Lipinski definition) is 5. The first-order chi connectivity index (χ1) is 13.0. The number of benzene rings is 1. The van der Waals surface area contributed by atoms with E-state index < -0.39 is 0 Å². The lowest BCUT2D eigenvalue weighted by Gasteiger charge is -2.22. The van der Waals surface area contributed by atoms with Crippen LogP contribution in [-0.4, -0.2) is 32.9 Å². The van der Waals surface area contributed by atoms with Crippen LogP contribution in [-0.2, 0) is 24.2 Å². The molecule has 0 saturated carbocycles. The van der Waals surface area contributed by atoms with Gasteiger partial charge in [-0.25, -0.2) is 4.79 Å². The average Bonchev–Trinajstić information content (AvgIpc) is 2.66. The lowest BCUT2D eigenvalue weighted by atomic mass is 9.97. The maximum absolute atomic E-state index is 12.4. The van der Waals surface area contributed by atoms with Crippen molar-refractivity contribution in [1.82, 2.24) is 9.55 Å². The molecule has 3 rings (SSSR count). The van der Waals surface area contributed by atoms with Crippen LogP contribution in [0.4, 0.5) is 5.69 Å². The van der Waals surface area contributed by atoms with E-state index in [1.54, 1.807) is 22.8 Å². The maximum Gasteiger partial charge on any atom is 0.348 e. The number of hydrogen-bond donors (Lipinski definition) is 2. The van der Waals surface area contributed by atoms with Crippen LogP contribution in [0.3, 0.4) is 0 Å². The van der Waals surface area contributed by atoms with Gasteiger partial charge in [0.15, 0.2) is 0 Å². The molecular formula is C19H22ClN3O3S. The van der Waals surface area contributed by atoms with Gasteiger partial charge in [-0.15, -0.1) is 0 Å². The molecule has 8 heteroatoms. The van der Waals surface area contributed by atoms with Crippen LogP contribution in [0.5, 0.6) is 0 Å². The van der Waals surface area contributed by atoms with E-state index in [9.17, 15) is 14.7 Å². The number of amides is 1. The lowest BCUT2D eigenvalue weighted by Crippen LogP contribution is -2.31. The molecule has 1 heterocycles. The van der Waals surface area contributed by atoms with Crippen molar-refractivity contribution in [3.63, 3.8) is 0 Å². The van der Waals surface area contributed by atoms with Crippen molar-refractivity contribution in [2.45, 2.75) is 44.2 Å². The molecule has 0 unspecified atom stereocenters. The normalized spacial score (nSPS) is 13.3. The summed E-state index contributed by atoms with van der Waals surface area (Å²) >= 11 is 7.37. The Hall–Kier alpha value is -1.83. The van der Waals surface area contributed by atoms with Crippen LogP contribution in [0, 0.1) is 6.92 Å². The summed E-state index contributed by atoms with van der Waals surface area (Å²) in [5.74, 6) is -0.00857. The number of nitrogens with one attached hydrogen (secondary N) is 1. The third kappa shape index (κ3) is 4.54. The third-order valence-electron chi connectivity index (χ3n) is 4.66. The van der Waals surface area contributed by atoms with Gasteiger partial charge in [-0.3, -0.25) is 9.36 Å². The van der Waals surface area contributed by atoms with Crippen molar-refractivity contribution in [3.8, 4) is 0 Å². The minimum atomic E-state index is -0.363. The summed E-state index contributed by atoms with van der Waals surface area (Å²) in [7, 11) is 0. The number of aliphatic hydroxyl groups is 1. The second kappa shape index (κ2) is 8.91. The first kappa shape index (κ1) is 19.9. The fraction of sp³-hybridized carbons (Fsp3) is 0.421. The van der Waals surface area contributed by atoms with Crippen LogP contribution in [0.1, 0.15) is 29.7 Å². The van der Waals surface area contributed by atoms with E-state index in [4.69, 9.17) is 11.6 Å². The first-order valence-electron chi connectivity index (χ1n) is 8.92. The Morgan fingerprint density at radius 2 is 2.15 bits per heavy atom. The van der Waals surface area contributed by atoms with Gasteiger partial charge in [0.2, 0.25) is 5.91 Å². The Kier molecular flexibility index (Phi) is 6.57. The number of halogens is 1. The predicted molar refractivity (Wildman–Crippen MR) is 108 cm³/mol. The molecule has 0 bridgehead atoms. The number of carbonyl (C=O) groups is 1. The second-order valence-corrected chi connectivity index (χ2v) is 7.83. The van der Waals surface area contributed by atoms with Crippen molar-refractivity contribution in [2.24, 2.45) is 0 Å². The molecule has 0 saturated heterocycles. The number of carbonyl (C=O) groups excluding carboxylic acids is 1. The number of thioether (sulfide) groups is 1. The highest BCUT2D eigenvalue weighted by Gasteiger charge is 2.21. The molecular weight excluding hydrogens is 386 g/mol. The number of aromatic nitrogens is 2. The third-order valence-corrected chi connectivity index (χ3v) is 6.08. The van der Waals surface area contributed by atoms with Gasteiger partial charge in [0, 0.05) is 22.0 Å². The molecule has 0 radical (unpaired) electrons. The fourth-order valence-corrected chi connectivity index (χ4v) is 4.31. The van der Waals surface area contributed by atoms with Crippen LogP contribution in [0.15, 0.2) is 28.0 Å². The molecule has 0 spiro atoms. The van der Waals surface area contributed by atoms with E-state index in [0.717, 1.165) is 42.5 Å². The lowest BCUT2D eigenvalue weighted by molar-refractivity contribution is -0.113. The highest BCUT2D eigenvalue weighted by molar-refractivity contribution is 8.00. The Labute approximate surface area is 167 Å². The van der Waals surface area contributed by atoms with Crippen molar-refractivity contribution in [2.75, 3.05) is 17.7 Å². The van der Waals surface area contributed by atoms with Gasteiger partial charge >= 0.3 is 5.69 Å². The van der Waals surface area contributed by atoms with E-state index in [2.05, 4.69) is 10.3 Å². The van der Waals surface area contributed by atoms with Gasteiger partial charge in [0.1, 0.15) is 5.03 Å². The average molecular weight is 408 g/mol. The molecule has 0 atom stereocenters. The summed E-state index contributed by atoms with van der Waals surface area (Å²) < 4.78 is 1.56. The van der Waals surface area contributed by atoms with E-state index in [0.29, 0.717) is 15.7 Å². The van der Waals surface area contributed by atoms with Crippen molar-refractivity contribution in [1.29, 1.82) is 0 Å². The van der Waals surface area contributed by atoms with E-state index in [-0.39, 0.29) is 30.5 Å². The molecule has 6 nitrogen and oxygen atoms in total. The zero-order valence-electron chi connectivity index (χ0n) is 15.1. The SMILES string of the molecule is Cc1c(Cl)cccc1NC(=O)CSc1nc(=O)n(CCO)c2c1CCCC2. The Morgan fingerprint density at radius 3 is 2.93 bits per heavy atom. The fourth-order valence-electron chi connectivity index (χ4n) is 3.26. The summed E-state index contributed by atoms with van der Waals surface area (Å²) in [6, 6.07) is 5.37. The number of nitrogens with zero attached hydrogens (tertiary/aromatic N) is 2. The van der Waals surface area contributed by atoms with Crippen molar-refractivity contribution in [3.05, 3.63) is 50.5 Å². The van der Waals surface area contributed by atoms with Crippen molar-refractivity contribution >= 4 is 35.0 Å². The van der Waals surface area contributed by atoms with Crippen molar-refractivity contribution < 1.29 is 9.90 Å². The number of anilines is 1. The van der Waals surface area contributed by atoms with E-state index >= 15 is 0 Å². The molecule has 144 valence electrons. The molecule has 1 aliphatic carbocycles. The number of aliphatic hydroxyl groups excluding tert-OH is 1. The summed E-state index contributed by atoms with van der Waals surface area (Å²) in [6.07, 6.45) is 3.69. The molecule has 2 N–H and O–H groups in total. The highest BCUT2D eigenvalue weighted by Crippen LogP contribution is 2.29.